The molecule has 0 saturated carbocycles. The van der Waals surface area contributed by atoms with Gasteiger partial charge >= 0.3 is 10.4 Å². The van der Waals surface area contributed by atoms with Gasteiger partial charge in [0.05, 0.1) is 0 Å². The zero-order valence-corrected chi connectivity index (χ0v) is 3.89. The van der Waals surface area contributed by atoms with Gasteiger partial charge in [-0.1, -0.05) is 0 Å². The quantitative estimate of drug-likeness (QED) is 0.296. The second kappa shape index (κ2) is 3.93. The molecule has 0 aromatic carbocycles. The van der Waals surface area contributed by atoms with Crippen molar-refractivity contribution in [3.05, 3.63) is 0 Å². The van der Waals surface area contributed by atoms with Gasteiger partial charge in [-0.2, -0.15) is 14.4 Å². The fourth-order valence-electron chi connectivity index (χ4n) is 0. The topological polar surface area (TPSA) is 101 Å². The van der Waals surface area contributed by atoms with Crippen molar-refractivity contribution in [1.82, 2.24) is 0 Å². The molecule has 46 valence electrons. The van der Waals surface area contributed by atoms with Crippen LogP contribution in [0.1, 0.15) is 0 Å². The lowest BCUT2D eigenvalue weighted by Crippen LogP contribution is -1.89. The maximum Gasteiger partial charge on any atom is 0.394 e. The zero-order chi connectivity index (χ0) is 6.50. The van der Waals surface area contributed by atoms with E-state index < -0.39 is 10.4 Å². The van der Waals surface area contributed by atoms with Crippen molar-refractivity contribution in [3.63, 3.8) is 0 Å². The monoisotopic (exact) mass is 133 g/mol. The number of hydrogen-bond acceptors (Lipinski definition) is 3. The third kappa shape index (κ3) is 1410. The van der Waals surface area contributed by atoms with Gasteiger partial charge in [0.2, 0.25) is 0 Å². The van der Waals surface area contributed by atoms with Gasteiger partial charge in [0.15, 0.2) is 0 Å². The fourth-order valence-corrected chi connectivity index (χ4v) is 0. The van der Waals surface area contributed by atoms with E-state index in [2.05, 4.69) is 5.96 Å². The van der Waals surface area contributed by atoms with E-state index in [4.69, 9.17) is 22.0 Å². The Balaban J connectivity index is 0. The van der Waals surface area contributed by atoms with Crippen LogP contribution in [-0.2, 0) is 10.4 Å². The van der Waals surface area contributed by atoms with E-state index >= 15 is 0 Å². The Morgan fingerprint density at radius 1 is 1.29 bits per heavy atom. The van der Waals surface area contributed by atoms with Crippen LogP contribution < -0.4 is 5.96 Å². The Morgan fingerprint density at radius 3 is 1.29 bits per heavy atom. The molecule has 4 N–H and O–H groups in total. The molecule has 0 aliphatic carbocycles. The third-order valence-corrected chi connectivity index (χ3v) is 0. The van der Waals surface area contributed by atoms with Crippen molar-refractivity contribution in [2.75, 3.05) is 0 Å². The molecule has 0 aromatic rings. The Hall–Kier alpha value is -0.240. The molecule has 0 fully saturated rings. The van der Waals surface area contributed by atoms with Crippen LogP contribution >= 0.6 is 0 Å². The summed E-state index contributed by atoms with van der Waals surface area (Å²) in [5.74, 6) is 3.00. The average Bonchev–Trinajstić information content (AvgIpc) is 1.36. The highest BCUT2D eigenvalue weighted by molar-refractivity contribution is 7.79. The van der Waals surface area contributed by atoms with E-state index in [0.29, 0.717) is 0 Å². The molecule has 7 heavy (non-hydrogen) atoms. The first-order valence-corrected chi connectivity index (χ1v) is 2.31. The van der Waals surface area contributed by atoms with Crippen LogP contribution in [0.3, 0.4) is 0 Å². The number of nitrogens with two attached hydrogens (primary N) is 1. The molecule has 7 heteroatoms. The second-order valence-corrected chi connectivity index (χ2v) is 1.34. The molecule has 0 amide bonds. The molecule has 0 rings (SSSR count). The lowest BCUT2D eigenvalue weighted by atomic mass is 13.8. The molecular formula is H4FNO4S. The Kier molecular flexibility index (Phi) is 5.56. The minimum absolute atomic E-state index is 3.00. The summed E-state index contributed by atoms with van der Waals surface area (Å²) in [6, 6.07) is 0. The SMILES string of the molecule is NF.O=S(=O)(O)O. The minimum Gasteiger partial charge on any atom is -0.264 e. The molecule has 0 radical (unpaired) electrons. The van der Waals surface area contributed by atoms with E-state index in [9.17, 15) is 0 Å². The van der Waals surface area contributed by atoms with E-state index in [0.717, 1.165) is 0 Å². The molecule has 0 bridgehead atoms. The van der Waals surface area contributed by atoms with Crippen molar-refractivity contribution in [2.24, 2.45) is 5.96 Å². The molecule has 0 heterocycles. The van der Waals surface area contributed by atoms with Gasteiger partial charge in [-0.3, -0.25) is 9.11 Å². The molecular weight excluding hydrogens is 129 g/mol. The number of rotatable bonds is 0. The Labute approximate surface area is 39.5 Å². The van der Waals surface area contributed by atoms with Crippen molar-refractivity contribution >= 4 is 10.4 Å². The minimum atomic E-state index is -4.67. The fraction of sp³-hybridized carbons (Fsp3) is 0. The number of hydrogen-bond donors (Lipinski definition) is 3. The number of halogens is 1. The van der Waals surface area contributed by atoms with Crippen molar-refractivity contribution < 1.29 is 22.0 Å². The van der Waals surface area contributed by atoms with Crippen LogP contribution in [0.4, 0.5) is 4.48 Å². The Morgan fingerprint density at radius 2 is 1.29 bits per heavy atom. The molecule has 5 nitrogen and oxygen atoms in total. The van der Waals surface area contributed by atoms with E-state index in [1.807, 2.05) is 0 Å². The predicted octanol–water partition coefficient (Wildman–Crippen LogP) is -0.823. The van der Waals surface area contributed by atoms with Gasteiger partial charge in [0.1, 0.15) is 0 Å². The first-order chi connectivity index (χ1) is 3.00. The van der Waals surface area contributed by atoms with Gasteiger partial charge in [-0.05, 0) is 0 Å². The van der Waals surface area contributed by atoms with Crippen LogP contribution in [0.5, 0.6) is 0 Å². The van der Waals surface area contributed by atoms with Crippen LogP contribution in [0.25, 0.3) is 0 Å². The summed E-state index contributed by atoms with van der Waals surface area (Å²) in [7, 11) is -4.67. The summed E-state index contributed by atoms with van der Waals surface area (Å²) in [5, 5.41) is 0. The van der Waals surface area contributed by atoms with Gasteiger partial charge < -0.3 is 0 Å². The average molecular weight is 133 g/mol. The van der Waals surface area contributed by atoms with E-state index in [-0.39, 0.29) is 0 Å². The second-order valence-electron chi connectivity index (χ2n) is 0.448. The van der Waals surface area contributed by atoms with Gasteiger partial charge in [-0.25, -0.2) is 0 Å². The Bertz CT molecular complexity index is 94.9. The summed E-state index contributed by atoms with van der Waals surface area (Å²) in [6.45, 7) is 0. The lowest BCUT2D eigenvalue weighted by molar-refractivity contribution is 0.381. The summed E-state index contributed by atoms with van der Waals surface area (Å²) in [5.41, 5.74) is 0. The first kappa shape index (κ1) is 9.90. The highest BCUT2D eigenvalue weighted by Gasteiger charge is 1.84. The summed E-state index contributed by atoms with van der Waals surface area (Å²) in [6.07, 6.45) is 0. The molecule has 0 spiro atoms. The molecule has 0 atom stereocenters. The molecule has 0 saturated heterocycles. The normalized spacial score (nSPS) is 9.14. The van der Waals surface area contributed by atoms with Gasteiger partial charge in [0.25, 0.3) is 0 Å². The maximum atomic E-state index is 9.00. The van der Waals surface area contributed by atoms with Crippen LogP contribution in [-0.4, -0.2) is 17.5 Å². The largest absolute Gasteiger partial charge is 0.394 e. The lowest BCUT2D eigenvalue weighted by Gasteiger charge is -1.68. The standard InChI is InChI=1S/FH2N.H2O4S/c1-2;1-5(2,3)4/h2H2;(H2,1,2,3,4). The van der Waals surface area contributed by atoms with Crippen LogP contribution in [0, 0.1) is 0 Å². The van der Waals surface area contributed by atoms with E-state index in [1.165, 1.54) is 0 Å². The van der Waals surface area contributed by atoms with Gasteiger partial charge in [0, 0.05) is 0 Å². The summed E-state index contributed by atoms with van der Waals surface area (Å²) >= 11 is 0. The predicted molar refractivity (Wildman–Crippen MR) is 19.5 cm³/mol. The smallest absolute Gasteiger partial charge is 0.264 e. The van der Waals surface area contributed by atoms with Crippen molar-refractivity contribution in [3.8, 4) is 0 Å². The first-order valence-electron chi connectivity index (χ1n) is 0.917. The third-order valence-electron chi connectivity index (χ3n) is 0. The van der Waals surface area contributed by atoms with E-state index in [1.54, 1.807) is 0 Å². The highest BCUT2D eigenvalue weighted by Crippen LogP contribution is 1.59. The molecule has 0 unspecified atom stereocenters. The summed E-state index contributed by atoms with van der Waals surface area (Å²) < 4.78 is 40.6. The molecule has 0 aliphatic heterocycles. The summed E-state index contributed by atoms with van der Waals surface area (Å²) in [4.78, 5) is 0. The molecule has 0 aromatic heterocycles. The van der Waals surface area contributed by atoms with Crippen LogP contribution in [0.2, 0.25) is 0 Å². The molecule has 0 aliphatic rings. The van der Waals surface area contributed by atoms with Crippen molar-refractivity contribution in [2.45, 2.75) is 0 Å². The van der Waals surface area contributed by atoms with Gasteiger partial charge in [-0.15, -0.1) is 4.48 Å². The van der Waals surface area contributed by atoms with Crippen LogP contribution in [0.15, 0.2) is 0 Å². The zero-order valence-electron chi connectivity index (χ0n) is 3.07. The maximum absolute atomic E-state index is 9.00. The highest BCUT2D eigenvalue weighted by atomic mass is 32.3. The van der Waals surface area contributed by atoms with Crippen molar-refractivity contribution in [1.29, 1.82) is 0 Å².